The van der Waals surface area contributed by atoms with Crippen molar-refractivity contribution in [3.05, 3.63) is 29.5 Å². The number of carbonyl (C=O) groups excluding carboxylic acids is 1. The standard InChI is InChI=1S/C27H38N4O4/c1-5-19-14-28-15-20(29-19)16-30(17-22-10-7-11-31(22)21-8-6-9-21)26(32)18-12-23(33-4)25-24(13-18)34-27(2,3)35-25/h5,12-13,21-22,28H,6-11,14-17H2,1-4H3/b19-5+/t22-/m0/s1. The predicted molar refractivity (Wildman–Crippen MR) is 136 cm³/mol. The minimum absolute atomic E-state index is 0.0323. The summed E-state index contributed by atoms with van der Waals surface area (Å²) in [5, 5.41) is 3.42. The molecule has 1 amide bonds. The second-order valence-corrected chi connectivity index (χ2v) is 10.5. The lowest BCUT2D eigenvalue weighted by Crippen LogP contribution is -2.50. The number of aliphatic imine (C=N–C) groups is 1. The van der Waals surface area contributed by atoms with Gasteiger partial charge in [-0.1, -0.05) is 12.5 Å². The van der Waals surface area contributed by atoms with Gasteiger partial charge in [0.1, 0.15) is 0 Å². The fraction of sp³-hybridized carbons (Fsp3) is 0.630. The number of methoxy groups -OCH3 is 1. The first kappa shape index (κ1) is 24.1. The van der Waals surface area contributed by atoms with Crippen molar-refractivity contribution in [1.82, 2.24) is 15.1 Å². The van der Waals surface area contributed by atoms with E-state index in [1.165, 1.54) is 25.7 Å². The molecule has 0 aromatic heterocycles. The summed E-state index contributed by atoms with van der Waals surface area (Å²) >= 11 is 0. The second-order valence-electron chi connectivity index (χ2n) is 10.5. The lowest BCUT2D eigenvalue weighted by Gasteiger charge is -2.40. The largest absolute Gasteiger partial charge is 0.493 e. The Labute approximate surface area is 208 Å². The Morgan fingerprint density at radius 3 is 2.80 bits per heavy atom. The SMILES string of the molecule is C/C=C1\CNCC(CN(C[C@@H]2CCCN2C2CCC2)C(=O)c2cc(OC)c3c(c2)OC(C)(C)O3)=N1. The third-order valence-electron chi connectivity index (χ3n) is 7.52. The molecule has 1 aromatic rings. The number of fused-ring (bicyclic) bond motifs is 1. The maximum absolute atomic E-state index is 14.0. The number of carbonyl (C=O) groups is 1. The molecule has 0 spiro atoms. The van der Waals surface area contributed by atoms with Crippen LogP contribution in [0.25, 0.3) is 0 Å². The van der Waals surface area contributed by atoms with Gasteiger partial charge in [-0.05, 0) is 51.3 Å². The molecular weight excluding hydrogens is 444 g/mol. The van der Waals surface area contributed by atoms with Gasteiger partial charge in [-0.2, -0.15) is 0 Å². The van der Waals surface area contributed by atoms with Crippen LogP contribution in [0.2, 0.25) is 0 Å². The zero-order valence-corrected chi connectivity index (χ0v) is 21.4. The Bertz CT molecular complexity index is 1030. The van der Waals surface area contributed by atoms with Crippen LogP contribution >= 0.6 is 0 Å². The van der Waals surface area contributed by atoms with Crippen LogP contribution in [0.3, 0.4) is 0 Å². The highest BCUT2D eigenvalue weighted by Crippen LogP contribution is 2.47. The van der Waals surface area contributed by atoms with E-state index < -0.39 is 5.79 Å². The van der Waals surface area contributed by atoms with Crippen LogP contribution in [-0.2, 0) is 0 Å². The van der Waals surface area contributed by atoms with Gasteiger partial charge in [0, 0.05) is 56.8 Å². The second kappa shape index (κ2) is 9.82. The molecule has 3 aliphatic heterocycles. The molecule has 1 saturated heterocycles. The van der Waals surface area contributed by atoms with Gasteiger partial charge in [0.15, 0.2) is 11.5 Å². The van der Waals surface area contributed by atoms with Crippen LogP contribution in [0.1, 0.15) is 63.2 Å². The van der Waals surface area contributed by atoms with E-state index in [1.807, 2.05) is 31.7 Å². The number of allylic oxidation sites excluding steroid dienone is 1. The first-order valence-corrected chi connectivity index (χ1v) is 12.9. The van der Waals surface area contributed by atoms with E-state index in [1.54, 1.807) is 19.2 Å². The highest BCUT2D eigenvalue weighted by Gasteiger charge is 2.38. The lowest BCUT2D eigenvalue weighted by molar-refractivity contribution is -0.0439. The number of nitrogens with zero attached hydrogens (tertiary/aromatic N) is 3. The van der Waals surface area contributed by atoms with Gasteiger partial charge < -0.3 is 24.4 Å². The first-order valence-electron chi connectivity index (χ1n) is 12.9. The molecule has 5 rings (SSSR count). The van der Waals surface area contributed by atoms with Crippen molar-refractivity contribution >= 4 is 11.6 Å². The van der Waals surface area contributed by atoms with Crippen LogP contribution in [0.5, 0.6) is 17.2 Å². The molecule has 1 aliphatic carbocycles. The third-order valence-corrected chi connectivity index (χ3v) is 7.52. The van der Waals surface area contributed by atoms with Crippen molar-refractivity contribution in [3.63, 3.8) is 0 Å². The molecule has 0 bridgehead atoms. The topological polar surface area (TPSA) is 75.6 Å². The van der Waals surface area contributed by atoms with Gasteiger partial charge in [0.2, 0.25) is 11.5 Å². The van der Waals surface area contributed by atoms with Gasteiger partial charge in [-0.15, -0.1) is 0 Å². The predicted octanol–water partition coefficient (Wildman–Crippen LogP) is 3.61. The smallest absolute Gasteiger partial charge is 0.254 e. The highest BCUT2D eigenvalue weighted by atomic mass is 16.7. The molecule has 3 heterocycles. The summed E-state index contributed by atoms with van der Waals surface area (Å²) in [7, 11) is 1.59. The van der Waals surface area contributed by atoms with Gasteiger partial charge in [-0.3, -0.25) is 14.7 Å². The number of nitrogens with one attached hydrogen (secondary N) is 1. The van der Waals surface area contributed by atoms with Crippen LogP contribution < -0.4 is 19.5 Å². The Hall–Kier alpha value is -2.58. The molecule has 1 atom stereocenters. The molecule has 190 valence electrons. The van der Waals surface area contributed by atoms with E-state index in [4.69, 9.17) is 19.2 Å². The number of likely N-dealkylation sites (tertiary alicyclic amines) is 1. The van der Waals surface area contributed by atoms with Crippen molar-refractivity contribution in [2.24, 2.45) is 4.99 Å². The molecule has 1 aromatic carbocycles. The molecule has 1 N–H and O–H groups in total. The van der Waals surface area contributed by atoms with Crippen molar-refractivity contribution < 1.29 is 19.0 Å². The number of amides is 1. The fourth-order valence-corrected chi connectivity index (χ4v) is 5.56. The molecule has 8 nitrogen and oxygen atoms in total. The molecular formula is C27H38N4O4. The number of rotatable bonds is 7. The van der Waals surface area contributed by atoms with E-state index in [0.717, 1.165) is 30.9 Å². The Kier molecular flexibility index (Phi) is 6.77. The summed E-state index contributed by atoms with van der Waals surface area (Å²) in [4.78, 5) is 23.5. The van der Waals surface area contributed by atoms with Crippen molar-refractivity contribution in [2.45, 2.75) is 70.7 Å². The number of hydrogen-bond donors (Lipinski definition) is 1. The highest BCUT2D eigenvalue weighted by molar-refractivity contribution is 5.99. The van der Waals surface area contributed by atoms with Crippen LogP contribution in [0.15, 0.2) is 28.9 Å². The third kappa shape index (κ3) is 5.05. The normalized spacial score (nSPS) is 24.9. The number of benzene rings is 1. The summed E-state index contributed by atoms with van der Waals surface area (Å²) in [5.74, 6) is 0.778. The minimum Gasteiger partial charge on any atom is -0.493 e. The molecule has 35 heavy (non-hydrogen) atoms. The van der Waals surface area contributed by atoms with Crippen LogP contribution in [0, 0.1) is 0 Å². The van der Waals surface area contributed by atoms with Crippen molar-refractivity contribution in [1.29, 1.82) is 0 Å². The molecule has 0 radical (unpaired) electrons. The summed E-state index contributed by atoms with van der Waals surface area (Å²) < 4.78 is 17.5. The van der Waals surface area contributed by atoms with Crippen LogP contribution in [-0.4, -0.2) is 79.1 Å². The zero-order valence-electron chi connectivity index (χ0n) is 21.4. The average molecular weight is 483 g/mol. The monoisotopic (exact) mass is 482 g/mol. The quantitative estimate of drug-likeness (QED) is 0.640. The van der Waals surface area contributed by atoms with Gasteiger partial charge in [0.05, 0.1) is 19.4 Å². The summed E-state index contributed by atoms with van der Waals surface area (Å²) in [6.07, 6.45) is 8.23. The van der Waals surface area contributed by atoms with Crippen molar-refractivity contribution in [2.75, 3.05) is 39.8 Å². The van der Waals surface area contributed by atoms with E-state index >= 15 is 0 Å². The maximum Gasteiger partial charge on any atom is 0.254 e. The Morgan fingerprint density at radius 2 is 2.09 bits per heavy atom. The molecule has 1 saturated carbocycles. The van der Waals surface area contributed by atoms with Gasteiger partial charge >= 0.3 is 0 Å². The summed E-state index contributed by atoms with van der Waals surface area (Å²) in [6, 6.07) is 4.63. The van der Waals surface area contributed by atoms with E-state index in [-0.39, 0.29) is 5.91 Å². The number of ether oxygens (including phenoxy) is 3. The zero-order chi connectivity index (χ0) is 24.6. The van der Waals surface area contributed by atoms with E-state index in [0.29, 0.717) is 54.5 Å². The van der Waals surface area contributed by atoms with Gasteiger partial charge in [0.25, 0.3) is 5.91 Å². The van der Waals surface area contributed by atoms with E-state index in [2.05, 4.69) is 10.2 Å². The minimum atomic E-state index is -0.796. The summed E-state index contributed by atoms with van der Waals surface area (Å²) in [5.41, 5.74) is 2.55. The summed E-state index contributed by atoms with van der Waals surface area (Å²) in [6.45, 7) is 9.49. The number of hydrogen-bond acceptors (Lipinski definition) is 7. The van der Waals surface area contributed by atoms with Gasteiger partial charge in [-0.25, -0.2) is 0 Å². The fourth-order valence-electron chi connectivity index (χ4n) is 5.56. The molecule has 4 aliphatic rings. The van der Waals surface area contributed by atoms with Crippen molar-refractivity contribution in [3.8, 4) is 17.2 Å². The van der Waals surface area contributed by atoms with Crippen LogP contribution in [0.4, 0.5) is 0 Å². The molecule has 2 fully saturated rings. The first-order chi connectivity index (χ1) is 16.9. The molecule has 8 heteroatoms. The maximum atomic E-state index is 14.0. The average Bonchev–Trinajstić information content (AvgIpc) is 3.38. The van der Waals surface area contributed by atoms with E-state index in [9.17, 15) is 4.79 Å². The Balaban J connectivity index is 1.43. The Morgan fingerprint density at radius 1 is 1.26 bits per heavy atom. The molecule has 0 unspecified atom stereocenters. The lowest BCUT2D eigenvalue weighted by atomic mass is 9.91.